The number of rotatable bonds is 6. The molecule has 0 saturated carbocycles. The second kappa shape index (κ2) is 8.53. The van der Waals surface area contributed by atoms with Crippen LogP contribution in [0.2, 0.25) is 0 Å². The first-order valence-corrected chi connectivity index (χ1v) is 10.1. The van der Waals surface area contributed by atoms with Crippen LogP contribution in [0.25, 0.3) is 21.5 Å². The highest BCUT2D eigenvalue weighted by Gasteiger charge is 2.20. The van der Waals surface area contributed by atoms with E-state index in [4.69, 9.17) is 15.2 Å². The molecule has 4 rings (SSSR count). The third-order valence-electron chi connectivity index (χ3n) is 4.37. The maximum absolute atomic E-state index is 11.8. The van der Waals surface area contributed by atoms with Crippen molar-refractivity contribution in [1.29, 1.82) is 0 Å². The van der Waals surface area contributed by atoms with E-state index in [1.165, 1.54) is 11.3 Å². The molecule has 10 nitrogen and oxygen atoms in total. The zero-order chi connectivity index (χ0) is 20.2. The van der Waals surface area contributed by atoms with Crippen molar-refractivity contribution in [2.24, 2.45) is 5.92 Å². The van der Waals surface area contributed by atoms with Crippen LogP contribution in [0.3, 0.4) is 0 Å². The number of anilines is 2. The summed E-state index contributed by atoms with van der Waals surface area (Å²) < 4.78 is 11.5. The van der Waals surface area contributed by atoms with Gasteiger partial charge in [-0.3, -0.25) is 5.32 Å². The Bertz CT molecular complexity index is 1000. The second-order valence-corrected chi connectivity index (χ2v) is 7.52. The Hall–Kier alpha value is -3.05. The number of nitrogens with one attached hydrogen (secondary N) is 2. The van der Waals surface area contributed by atoms with E-state index in [1.54, 1.807) is 12.4 Å². The maximum Gasteiger partial charge on any atom is 0.321 e. The number of carbonyl (C=O) groups excluding carboxylic acids is 1. The molecule has 1 atom stereocenters. The average Bonchev–Trinajstić information content (AvgIpc) is 3.35. The van der Waals surface area contributed by atoms with E-state index in [9.17, 15) is 4.79 Å². The predicted molar refractivity (Wildman–Crippen MR) is 110 cm³/mol. The maximum atomic E-state index is 11.8. The first kappa shape index (κ1) is 19.3. The predicted octanol–water partition coefficient (Wildman–Crippen LogP) is 2.29. The zero-order valence-corrected chi connectivity index (χ0v) is 16.7. The molecule has 3 aromatic heterocycles. The number of nitrogens with zero attached hydrogens (tertiary/aromatic N) is 4. The monoisotopic (exact) mass is 415 g/mol. The number of thiazole rings is 1. The number of nitrogen functional groups attached to an aromatic ring is 1. The van der Waals surface area contributed by atoms with Gasteiger partial charge in [-0.2, -0.15) is 0 Å². The number of nitrogens with two attached hydrogens (primary N) is 1. The highest BCUT2D eigenvalue weighted by atomic mass is 32.1. The number of ether oxygens (including phenoxy) is 2. The molecular formula is C18H21N7O3S. The minimum absolute atomic E-state index is 0.190. The van der Waals surface area contributed by atoms with Gasteiger partial charge in [0.1, 0.15) is 10.3 Å². The Morgan fingerprint density at radius 2 is 2.21 bits per heavy atom. The van der Waals surface area contributed by atoms with Crippen LogP contribution < -0.4 is 21.1 Å². The van der Waals surface area contributed by atoms with E-state index in [0.29, 0.717) is 52.6 Å². The highest BCUT2D eigenvalue weighted by molar-refractivity contribution is 7.22. The molecule has 1 fully saturated rings. The minimum Gasteiger partial charge on any atom is -0.477 e. The molecule has 0 aliphatic carbocycles. The van der Waals surface area contributed by atoms with E-state index in [1.807, 2.05) is 13.0 Å². The Labute approximate surface area is 170 Å². The number of carbonyl (C=O) groups is 1. The van der Waals surface area contributed by atoms with Crippen LogP contribution in [0, 0.1) is 5.92 Å². The summed E-state index contributed by atoms with van der Waals surface area (Å²) >= 11 is 1.28. The van der Waals surface area contributed by atoms with E-state index in [-0.39, 0.29) is 12.0 Å². The summed E-state index contributed by atoms with van der Waals surface area (Å²) in [6.07, 6.45) is 4.21. The summed E-state index contributed by atoms with van der Waals surface area (Å²) in [4.78, 5) is 29.7. The Balaban J connectivity index is 1.67. The summed E-state index contributed by atoms with van der Waals surface area (Å²) in [5.74, 6) is 0.987. The van der Waals surface area contributed by atoms with Crippen molar-refractivity contribution in [2.45, 2.75) is 13.3 Å². The molecule has 0 aromatic carbocycles. The highest BCUT2D eigenvalue weighted by Crippen LogP contribution is 2.35. The zero-order valence-electron chi connectivity index (χ0n) is 15.8. The van der Waals surface area contributed by atoms with Gasteiger partial charge in [-0.1, -0.05) is 11.3 Å². The second-order valence-electron chi connectivity index (χ2n) is 6.54. The Kier molecular flexibility index (Phi) is 5.67. The van der Waals surface area contributed by atoms with Gasteiger partial charge in [0, 0.05) is 42.6 Å². The average molecular weight is 415 g/mol. The van der Waals surface area contributed by atoms with Gasteiger partial charge in [-0.15, -0.1) is 0 Å². The summed E-state index contributed by atoms with van der Waals surface area (Å²) in [6, 6.07) is 1.55. The lowest BCUT2D eigenvalue weighted by molar-refractivity contribution is 0.166. The molecule has 1 unspecified atom stereocenters. The molecule has 0 spiro atoms. The quantitative estimate of drug-likeness (QED) is 0.558. The van der Waals surface area contributed by atoms with Crippen LogP contribution in [0.4, 0.5) is 15.9 Å². The van der Waals surface area contributed by atoms with Crippen molar-refractivity contribution in [2.75, 3.05) is 37.4 Å². The number of pyridine rings is 1. The molecule has 1 aliphatic rings. The molecule has 3 aromatic rings. The van der Waals surface area contributed by atoms with E-state index >= 15 is 0 Å². The van der Waals surface area contributed by atoms with Crippen molar-refractivity contribution in [3.05, 3.63) is 18.5 Å². The van der Waals surface area contributed by atoms with Crippen LogP contribution in [-0.2, 0) is 4.74 Å². The fraction of sp³-hybridized carbons (Fsp3) is 0.389. The summed E-state index contributed by atoms with van der Waals surface area (Å²) in [5.41, 5.74) is 7.69. The molecule has 152 valence electrons. The lowest BCUT2D eigenvalue weighted by atomic mass is 10.1. The number of aromatic nitrogens is 4. The van der Waals surface area contributed by atoms with Crippen LogP contribution in [-0.4, -0.2) is 52.3 Å². The lowest BCUT2D eigenvalue weighted by Gasteiger charge is -2.13. The van der Waals surface area contributed by atoms with Crippen molar-refractivity contribution in [1.82, 2.24) is 25.3 Å². The summed E-state index contributed by atoms with van der Waals surface area (Å²) in [6.45, 7) is 4.31. The molecular weight excluding hydrogens is 394 g/mol. The third-order valence-corrected chi connectivity index (χ3v) is 5.25. The lowest BCUT2D eigenvalue weighted by Crippen LogP contribution is -2.28. The van der Waals surface area contributed by atoms with Gasteiger partial charge in [0.25, 0.3) is 0 Å². The molecule has 4 heterocycles. The van der Waals surface area contributed by atoms with Gasteiger partial charge in [0.2, 0.25) is 11.8 Å². The summed E-state index contributed by atoms with van der Waals surface area (Å²) in [7, 11) is 0. The van der Waals surface area contributed by atoms with Crippen molar-refractivity contribution in [3.63, 3.8) is 0 Å². The molecule has 0 bridgehead atoms. The van der Waals surface area contributed by atoms with Gasteiger partial charge >= 0.3 is 6.03 Å². The van der Waals surface area contributed by atoms with Crippen molar-refractivity contribution >= 4 is 38.8 Å². The van der Waals surface area contributed by atoms with Crippen LogP contribution in [0.1, 0.15) is 13.3 Å². The number of fused-ring (bicyclic) bond motifs is 1. The van der Waals surface area contributed by atoms with Gasteiger partial charge in [-0.25, -0.2) is 24.7 Å². The smallest absolute Gasteiger partial charge is 0.321 e. The molecule has 11 heteroatoms. The molecule has 1 aliphatic heterocycles. The van der Waals surface area contributed by atoms with E-state index in [0.717, 1.165) is 18.6 Å². The largest absolute Gasteiger partial charge is 0.477 e. The van der Waals surface area contributed by atoms with Crippen LogP contribution in [0.15, 0.2) is 18.5 Å². The van der Waals surface area contributed by atoms with Crippen molar-refractivity contribution < 1.29 is 14.3 Å². The number of hydrogen-bond acceptors (Lipinski definition) is 9. The first-order chi connectivity index (χ1) is 14.1. The third kappa shape index (κ3) is 4.51. The molecule has 4 N–H and O–H groups in total. The van der Waals surface area contributed by atoms with Gasteiger partial charge in [0.15, 0.2) is 5.13 Å². The molecule has 1 saturated heterocycles. The topological polar surface area (TPSA) is 137 Å². The van der Waals surface area contributed by atoms with Crippen LogP contribution >= 0.6 is 11.3 Å². The molecule has 2 amide bonds. The molecule has 0 radical (unpaired) electrons. The molecule has 29 heavy (non-hydrogen) atoms. The van der Waals surface area contributed by atoms with E-state index in [2.05, 4.69) is 30.6 Å². The van der Waals surface area contributed by atoms with Crippen LogP contribution in [0.5, 0.6) is 5.88 Å². The standard InChI is InChI=1S/C18H21N7O3S/c1-2-20-17(26)25-18-23-13-5-12(11-6-21-16(19)22-7-11)14(24-15(13)29-18)28-9-10-3-4-27-8-10/h5-7,10H,2-4,8-9H2,1H3,(H2,19,21,22)(H2,20,23,25,26). The Morgan fingerprint density at radius 1 is 1.38 bits per heavy atom. The summed E-state index contributed by atoms with van der Waals surface area (Å²) in [5, 5.41) is 5.85. The fourth-order valence-electron chi connectivity index (χ4n) is 2.91. The number of hydrogen-bond donors (Lipinski definition) is 3. The normalized spacial score (nSPS) is 16.1. The van der Waals surface area contributed by atoms with Crippen molar-refractivity contribution in [3.8, 4) is 17.0 Å². The number of amides is 2. The fourth-order valence-corrected chi connectivity index (χ4v) is 3.72. The van der Waals surface area contributed by atoms with Gasteiger partial charge < -0.3 is 20.5 Å². The first-order valence-electron chi connectivity index (χ1n) is 9.27. The van der Waals surface area contributed by atoms with Gasteiger partial charge in [0.05, 0.1) is 13.2 Å². The SMILES string of the molecule is CCNC(=O)Nc1nc2cc(-c3cnc(N)nc3)c(OCC3CCOC3)nc2s1. The minimum atomic E-state index is -0.309. The van der Waals surface area contributed by atoms with E-state index < -0.39 is 0 Å². The van der Waals surface area contributed by atoms with Gasteiger partial charge in [-0.05, 0) is 19.4 Å². The Morgan fingerprint density at radius 3 is 2.93 bits per heavy atom. The number of urea groups is 1.